The number of aliphatic hydroxyl groups excluding tert-OH is 1. The number of ether oxygens (including phenoxy) is 1. The fourth-order valence-electron chi connectivity index (χ4n) is 0.671. The summed E-state index contributed by atoms with van der Waals surface area (Å²) in [6.45, 7) is 4.24. The molecule has 0 amide bonds. The third kappa shape index (κ3) is 6.37. The Hall–Kier alpha value is -0.100. The number of nitrogens with two attached hydrogens (primary N) is 1. The molecule has 0 aliphatic heterocycles. The molecule has 0 rings (SSSR count). The molecule has 0 saturated heterocycles. The van der Waals surface area contributed by atoms with Crippen molar-refractivity contribution in [3.05, 3.63) is 0 Å². The molecule has 0 aliphatic rings. The Bertz CT molecular complexity index is 164. The molecule has 14 heavy (non-hydrogen) atoms. The summed E-state index contributed by atoms with van der Waals surface area (Å²) in [6, 6.07) is -0.118. The van der Waals surface area contributed by atoms with Gasteiger partial charge in [-0.1, -0.05) is 18.7 Å². The average Bonchev–Trinajstić information content (AvgIpc) is 2.16. The second kappa shape index (κ2) is 8.23. The Morgan fingerprint density at radius 3 is 2.71 bits per heavy atom. The van der Waals surface area contributed by atoms with Crippen molar-refractivity contribution in [1.82, 2.24) is 0 Å². The Kier molecular flexibility index (Phi) is 8.17. The minimum Gasteiger partial charge on any atom is -0.396 e. The number of carbonyl (C=O) groups is 1. The van der Waals surface area contributed by atoms with Gasteiger partial charge in [-0.25, -0.2) is 0 Å². The highest BCUT2D eigenvalue weighted by Crippen LogP contribution is 2.13. The number of thioether (sulfide) groups is 1. The van der Waals surface area contributed by atoms with Crippen LogP contribution in [0.4, 0.5) is 0 Å². The zero-order chi connectivity index (χ0) is 11.0. The molecule has 0 aromatic rings. The predicted octanol–water partition coefficient (Wildman–Crippen LogP) is 0.586. The van der Waals surface area contributed by atoms with Crippen molar-refractivity contribution in [2.45, 2.75) is 26.3 Å². The van der Waals surface area contributed by atoms with E-state index in [0.29, 0.717) is 19.0 Å². The first-order valence-corrected chi connectivity index (χ1v) is 5.69. The van der Waals surface area contributed by atoms with Crippen molar-refractivity contribution in [3.8, 4) is 0 Å². The van der Waals surface area contributed by atoms with E-state index in [1.165, 1.54) is 0 Å². The van der Waals surface area contributed by atoms with Gasteiger partial charge in [-0.2, -0.15) is 0 Å². The maximum Gasteiger partial charge on any atom is 0.195 e. The van der Waals surface area contributed by atoms with Crippen LogP contribution in [0, 0.1) is 5.92 Å². The van der Waals surface area contributed by atoms with Gasteiger partial charge in [0.1, 0.15) is 0 Å². The third-order valence-electron chi connectivity index (χ3n) is 1.89. The monoisotopic (exact) mass is 221 g/mol. The van der Waals surface area contributed by atoms with Crippen molar-refractivity contribution in [2.75, 3.05) is 19.2 Å². The maximum atomic E-state index is 11.4. The Balaban J connectivity index is 3.44. The molecule has 0 aromatic carbocycles. The first kappa shape index (κ1) is 13.9. The second-order valence-corrected chi connectivity index (χ2v) is 4.14. The number of hydrogen-bond donors (Lipinski definition) is 2. The van der Waals surface area contributed by atoms with E-state index >= 15 is 0 Å². The fraction of sp³-hybridized carbons (Fsp3) is 0.889. The van der Waals surface area contributed by atoms with E-state index in [4.69, 9.17) is 15.6 Å². The lowest BCUT2D eigenvalue weighted by Gasteiger charge is -2.13. The van der Waals surface area contributed by atoms with Crippen LogP contribution in [0.5, 0.6) is 0 Å². The average molecular weight is 221 g/mol. The predicted molar refractivity (Wildman–Crippen MR) is 57.9 cm³/mol. The van der Waals surface area contributed by atoms with Gasteiger partial charge in [0.15, 0.2) is 5.12 Å². The highest BCUT2D eigenvalue weighted by Gasteiger charge is 2.16. The maximum absolute atomic E-state index is 11.4. The van der Waals surface area contributed by atoms with Gasteiger partial charge in [-0.3, -0.25) is 4.79 Å². The van der Waals surface area contributed by atoms with Crippen molar-refractivity contribution in [1.29, 1.82) is 0 Å². The van der Waals surface area contributed by atoms with Gasteiger partial charge >= 0.3 is 0 Å². The summed E-state index contributed by atoms with van der Waals surface area (Å²) >= 11 is 1.14. The van der Waals surface area contributed by atoms with Crippen molar-refractivity contribution in [2.24, 2.45) is 11.7 Å². The zero-order valence-electron chi connectivity index (χ0n) is 8.73. The molecular weight excluding hydrogens is 202 g/mol. The van der Waals surface area contributed by atoms with E-state index in [-0.39, 0.29) is 23.7 Å². The van der Waals surface area contributed by atoms with Crippen LogP contribution in [0.2, 0.25) is 0 Å². The molecule has 2 unspecified atom stereocenters. The van der Waals surface area contributed by atoms with Crippen LogP contribution in [0.3, 0.4) is 0 Å². The van der Waals surface area contributed by atoms with Gasteiger partial charge in [0.25, 0.3) is 0 Å². The molecule has 2 atom stereocenters. The summed E-state index contributed by atoms with van der Waals surface area (Å²) in [7, 11) is 0. The summed E-state index contributed by atoms with van der Waals surface area (Å²) in [4.78, 5) is 11.4. The van der Waals surface area contributed by atoms with Gasteiger partial charge in [-0.05, 0) is 13.3 Å². The van der Waals surface area contributed by atoms with E-state index in [1.807, 2.05) is 13.8 Å². The lowest BCUT2D eigenvalue weighted by Crippen LogP contribution is -2.29. The highest BCUT2D eigenvalue weighted by molar-refractivity contribution is 8.13. The van der Waals surface area contributed by atoms with Crippen LogP contribution in [0.25, 0.3) is 0 Å². The summed E-state index contributed by atoms with van der Waals surface area (Å²) in [6.07, 6.45) is 0.609. The molecule has 0 spiro atoms. The Labute approximate surface area is 89.2 Å². The fourth-order valence-corrected chi connectivity index (χ4v) is 1.47. The van der Waals surface area contributed by atoms with Gasteiger partial charge in [0.05, 0.1) is 5.94 Å². The molecule has 0 aromatic heterocycles. The van der Waals surface area contributed by atoms with E-state index in [9.17, 15) is 4.79 Å². The minimum absolute atomic E-state index is 0.0593. The van der Waals surface area contributed by atoms with Crippen molar-refractivity contribution < 1.29 is 14.6 Å². The number of aliphatic hydroxyl groups is 1. The molecule has 0 heterocycles. The van der Waals surface area contributed by atoms with Gasteiger partial charge in [0.2, 0.25) is 0 Å². The van der Waals surface area contributed by atoms with Gasteiger partial charge in [0, 0.05) is 25.2 Å². The van der Waals surface area contributed by atoms with Crippen LogP contribution < -0.4 is 5.73 Å². The SMILES string of the molecule is CC(N)C(C)C(=O)SCOCCCO. The van der Waals surface area contributed by atoms with Crippen LogP contribution in [0.1, 0.15) is 20.3 Å². The molecule has 5 heteroatoms. The zero-order valence-corrected chi connectivity index (χ0v) is 9.55. The van der Waals surface area contributed by atoms with E-state index < -0.39 is 0 Å². The van der Waals surface area contributed by atoms with Crippen LogP contribution >= 0.6 is 11.8 Å². The lowest BCUT2D eigenvalue weighted by atomic mass is 10.1. The molecular formula is C9H19NO3S. The topological polar surface area (TPSA) is 72.6 Å². The number of rotatable bonds is 7. The smallest absolute Gasteiger partial charge is 0.195 e. The molecule has 0 fully saturated rings. The van der Waals surface area contributed by atoms with E-state index in [1.54, 1.807) is 0 Å². The lowest BCUT2D eigenvalue weighted by molar-refractivity contribution is -0.114. The van der Waals surface area contributed by atoms with Crippen LogP contribution in [-0.4, -0.2) is 35.4 Å². The normalized spacial score (nSPS) is 15.1. The highest BCUT2D eigenvalue weighted by atomic mass is 32.2. The van der Waals surface area contributed by atoms with Crippen LogP contribution in [0.15, 0.2) is 0 Å². The first-order valence-electron chi connectivity index (χ1n) is 4.70. The standard InChI is InChI=1S/C9H19NO3S/c1-7(8(2)10)9(12)14-6-13-5-3-4-11/h7-8,11H,3-6,10H2,1-2H3. The number of carbonyl (C=O) groups excluding carboxylic acids is 1. The van der Waals surface area contributed by atoms with Gasteiger partial charge < -0.3 is 15.6 Å². The van der Waals surface area contributed by atoms with Gasteiger partial charge in [-0.15, -0.1) is 0 Å². The Morgan fingerprint density at radius 1 is 1.57 bits per heavy atom. The molecule has 4 nitrogen and oxygen atoms in total. The summed E-state index contributed by atoms with van der Waals surface area (Å²) in [5, 5.41) is 8.52. The third-order valence-corrected chi connectivity index (χ3v) is 2.83. The van der Waals surface area contributed by atoms with Crippen molar-refractivity contribution in [3.63, 3.8) is 0 Å². The second-order valence-electron chi connectivity index (χ2n) is 3.21. The minimum atomic E-state index is -0.138. The van der Waals surface area contributed by atoms with Crippen LogP contribution in [-0.2, 0) is 9.53 Å². The molecule has 0 aliphatic carbocycles. The first-order chi connectivity index (χ1) is 6.59. The Morgan fingerprint density at radius 2 is 2.21 bits per heavy atom. The van der Waals surface area contributed by atoms with E-state index in [0.717, 1.165) is 11.8 Å². The molecule has 0 bridgehead atoms. The largest absolute Gasteiger partial charge is 0.396 e. The summed E-state index contributed by atoms with van der Waals surface area (Å²) in [5.41, 5.74) is 5.58. The summed E-state index contributed by atoms with van der Waals surface area (Å²) < 4.78 is 5.12. The summed E-state index contributed by atoms with van der Waals surface area (Å²) in [5.74, 6) is 0.206. The quantitative estimate of drug-likeness (QED) is 0.486. The molecule has 0 saturated carbocycles. The number of hydrogen-bond acceptors (Lipinski definition) is 5. The molecule has 3 N–H and O–H groups in total. The molecule has 0 radical (unpaired) electrons. The molecule has 84 valence electrons. The van der Waals surface area contributed by atoms with E-state index in [2.05, 4.69) is 0 Å². The van der Waals surface area contributed by atoms with Crippen molar-refractivity contribution >= 4 is 16.9 Å².